The van der Waals surface area contributed by atoms with Crippen molar-refractivity contribution in [1.82, 2.24) is 0 Å². The lowest BCUT2D eigenvalue weighted by Gasteiger charge is -2.26. The first kappa shape index (κ1) is 25.9. The third-order valence-electron chi connectivity index (χ3n) is 5.28. The summed E-state index contributed by atoms with van der Waals surface area (Å²) in [4.78, 5) is 27.0. The summed E-state index contributed by atoms with van der Waals surface area (Å²) in [7, 11) is 1.61. The molecule has 0 aliphatic carbocycles. The lowest BCUT2D eigenvalue weighted by molar-refractivity contribution is -0.152. The van der Waals surface area contributed by atoms with Crippen LogP contribution in [-0.2, 0) is 9.53 Å². The minimum absolute atomic E-state index is 0.298. The summed E-state index contributed by atoms with van der Waals surface area (Å²) in [6.45, 7) is 8.43. The number of hydrogen-bond donors (Lipinski definition) is 0. The number of carbonyl (C=O) groups is 2. The highest BCUT2D eigenvalue weighted by atomic mass is 19.1. The van der Waals surface area contributed by atoms with E-state index in [-0.39, 0.29) is 0 Å². The van der Waals surface area contributed by atoms with Gasteiger partial charge in [-0.2, -0.15) is 0 Å². The van der Waals surface area contributed by atoms with Crippen molar-refractivity contribution in [3.63, 3.8) is 0 Å². The molecule has 5 nitrogen and oxygen atoms in total. The predicted octanol–water partition coefficient (Wildman–Crippen LogP) is 6.25. The maximum absolute atomic E-state index is 14.5. The largest absolute Gasteiger partial charge is 0.496 e. The zero-order valence-corrected chi connectivity index (χ0v) is 20.7. The number of methoxy groups -OCH3 is 1. The van der Waals surface area contributed by atoms with Gasteiger partial charge in [-0.25, -0.2) is 8.78 Å². The van der Waals surface area contributed by atoms with Crippen molar-refractivity contribution < 1.29 is 27.8 Å². The van der Waals surface area contributed by atoms with E-state index in [1.54, 1.807) is 46.1 Å². The van der Waals surface area contributed by atoms with Crippen LogP contribution in [0.2, 0.25) is 0 Å². The topological polar surface area (TPSA) is 55.8 Å². The molecular weight excluding hydrogens is 452 g/mol. The second-order valence-corrected chi connectivity index (χ2v) is 9.27. The van der Waals surface area contributed by atoms with Crippen LogP contribution in [-0.4, -0.2) is 31.1 Å². The summed E-state index contributed by atoms with van der Waals surface area (Å²) < 4.78 is 39.8. The molecule has 35 heavy (non-hydrogen) atoms. The van der Waals surface area contributed by atoms with Crippen LogP contribution < -0.4 is 9.64 Å². The highest BCUT2D eigenvalue weighted by Gasteiger charge is 2.28. The number of hydrogen-bond acceptors (Lipinski definition) is 4. The molecule has 3 aromatic carbocycles. The van der Waals surface area contributed by atoms with Crippen LogP contribution >= 0.6 is 0 Å². The van der Waals surface area contributed by atoms with Crippen molar-refractivity contribution in [2.24, 2.45) is 0 Å². The number of esters is 1. The molecule has 184 valence electrons. The van der Waals surface area contributed by atoms with Crippen LogP contribution in [0.1, 0.15) is 42.3 Å². The smallest absolute Gasteiger partial charge is 0.326 e. The maximum Gasteiger partial charge on any atom is 0.326 e. The number of carbonyl (C=O) groups excluding carboxylic acids is 2. The zero-order valence-electron chi connectivity index (χ0n) is 20.7. The number of ether oxygens (including phenoxy) is 2. The minimum Gasteiger partial charge on any atom is -0.496 e. The summed E-state index contributed by atoms with van der Waals surface area (Å²) in [5, 5.41) is 0. The Morgan fingerprint density at radius 1 is 0.886 bits per heavy atom. The molecule has 0 spiro atoms. The van der Waals surface area contributed by atoms with E-state index < -0.39 is 41.2 Å². The second kappa shape index (κ2) is 10.3. The standard InChI is InChI=1S/C28H29F2NO4/c1-17-13-20(14-18(2)26(17)34-6)19-9-7-10-21(15-19)31(16-24(32)35-28(3,4)5)27(33)25-22(29)11-8-12-23(25)30/h7-15H,16H2,1-6H3. The monoisotopic (exact) mass is 481 g/mol. The Morgan fingerprint density at radius 3 is 2.00 bits per heavy atom. The highest BCUT2D eigenvalue weighted by Crippen LogP contribution is 2.32. The van der Waals surface area contributed by atoms with Gasteiger partial charge in [0.25, 0.3) is 5.91 Å². The molecule has 3 aromatic rings. The van der Waals surface area contributed by atoms with Crippen molar-refractivity contribution in [1.29, 1.82) is 0 Å². The third kappa shape index (κ3) is 6.04. The van der Waals surface area contributed by atoms with Crippen molar-refractivity contribution in [2.75, 3.05) is 18.6 Å². The molecule has 0 aliphatic rings. The molecule has 0 bridgehead atoms. The Morgan fingerprint density at radius 2 is 1.46 bits per heavy atom. The number of aryl methyl sites for hydroxylation is 2. The number of benzene rings is 3. The van der Waals surface area contributed by atoms with E-state index in [2.05, 4.69) is 0 Å². The number of rotatable bonds is 6. The Bertz CT molecular complexity index is 1220. The average Bonchev–Trinajstić information content (AvgIpc) is 2.76. The first-order valence-electron chi connectivity index (χ1n) is 11.1. The van der Waals surface area contributed by atoms with Crippen LogP contribution in [0.3, 0.4) is 0 Å². The molecule has 0 saturated carbocycles. The maximum atomic E-state index is 14.5. The SMILES string of the molecule is COc1c(C)cc(-c2cccc(N(CC(=O)OC(C)(C)C)C(=O)c3c(F)cccc3F)c2)cc1C. The van der Waals surface area contributed by atoms with Gasteiger partial charge in [-0.15, -0.1) is 0 Å². The van der Waals surface area contributed by atoms with Gasteiger partial charge in [0.2, 0.25) is 0 Å². The third-order valence-corrected chi connectivity index (χ3v) is 5.28. The average molecular weight is 482 g/mol. The Balaban J connectivity index is 2.09. The fourth-order valence-electron chi connectivity index (χ4n) is 3.91. The lowest BCUT2D eigenvalue weighted by atomic mass is 9.99. The lowest BCUT2D eigenvalue weighted by Crippen LogP contribution is -2.39. The molecule has 0 aromatic heterocycles. The van der Waals surface area contributed by atoms with Gasteiger partial charge in [-0.05, 0) is 93.3 Å². The molecule has 3 rings (SSSR count). The van der Waals surface area contributed by atoms with E-state index >= 15 is 0 Å². The minimum atomic E-state index is -1.01. The molecule has 7 heteroatoms. The second-order valence-electron chi connectivity index (χ2n) is 9.27. The van der Waals surface area contributed by atoms with E-state index in [0.29, 0.717) is 5.69 Å². The van der Waals surface area contributed by atoms with Crippen LogP contribution in [0, 0.1) is 25.5 Å². The molecule has 0 fully saturated rings. The first-order chi connectivity index (χ1) is 16.4. The summed E-state index contributed by atoms with van der Waals surface area (Å²) in [5.41, 5.74) is 2.25. The number of halogens is 2. The molecule has 0 N–H and O–H groups in total. The van der Waals surface area contributed by atoms with Crippen molar-refractivity contribution in [2.45, 2.75) is 40.2 Å². The number of anilines is 1. The number of nitrogens with zero attached hydrogens (tertiary/aromatic N) is 1. The van der Waals surface area contributed by atoms with Gasteiger partial charge in [0.15, 0.2) is 0 Å². The van der Waals surface area contributed by atoms with E-state index in [1.165, 1.54) is 6.07 Å². The first-order valence-corrected chi connectivity index (χ1v) is 11.1. The Kier molecular flexibility index (Phi) is 7.58. The Hall–Kier alpha value is -3.74. The highest BCUT2D eigenvalue weighted by molar-refractivity contribution is 6.09. The van der Waals surface area contributed by atoms with Gasteiger partial charge in [0.1, 0.15) is 35.1 Å². The fraction of sp³-hybridized carbons (Fsp3) is 0.286. The molecule has 0 saturated heterocycles. The predicted molar refractivity (Wildman–Crippen MR) is 132 cm³/mol. The summed E-state index contributed by atoms with van der Waals surface area (Å²) in [6.07, 6.45) is 0. The van der Waals surface area contributed by atoms with Gasteiger partial charge in [0.05, 0.1) is 7.11 Å². The van der Waals surface area contributed by atoms with Gasteiger partial charge < -0.3 is 9.47 Å². The van der Waals surface area contributed by atoms with Crippen molar-refractivity contribution in [3.8, 4) is 16.9 Å². The molecular formula is C28H29F2NO4. The summed E-state index contributed by atoms with van der Waals surface area (Å²) in [5.74, 6) is -2.93. The molecule has 0 radical (unpaired) electrons. The molecule has 0 heterocycles. The summed E-state index contributed by atoms with van der Waals surface area (Å²) in [6, 6.07) is 13.9. The van der Waals surface area contributed by atoms with Crippen LogP contribution in [0.25, 0.3) is 11.1 Å². The van der Waals surface area contributed by atoms with Gasteiger partial charge in [-0.1, -0.05) is 18.2 Å². The van der Waals surface area contributed by atoms with Gasteiger partial charge >= 0.3 is 5.97 Å². The van der Waals surface area contributed by atoms with E-state index in [4.69, 9.17) is 9.47 Å². The summed E-state index contributed by atoms with van der Waals surface area (Å²) >= 11 is 0. The fourth-order valence-corrected chi connectivity index (χ4v) is 3.91. The molecule has 0 aliphatic heterocycles. The molecule has 0 atom stereocenters. The van der Waals surface area contributed by atoms with Crippen molar-refractivity contribution in [3.05, 3.63) is 82.9 Å². The van der Waals surface area contributed by atoms with Crippen LogP contribution in [0.15, 0.2) is 54.6 Å². The number of amides is 1. The van der Waals surface area contributed by atoms with E-state index in [1.807, 2.05) is 32.0 Å². The molecule has 1 amide bonds. The molecule has 0 unspecified atom stereocenters. The van der Waals surface area contributed by atoms with Gasteiger partial charge in [-0.3, -0.25) is 14.5 Å². The van der Waals surface area contributed by atoms with E-state index in [0.717, 1.165) is 45.0 Å². The van der Waals surface area contributed by atoms with Crippen molar-refractivity contribution >= 4 is 17.6 Å². The Labute approximate surface area is 204 Å². The normalized spacial score (nSPS) is 11.2. The van der Waals surface area contributed by atoms with Gasteiger partial charge in [0, 0.05) is 5.69 Å². The van der Waals surface area contributed by atoms with E-state index in [9.17, 15) is 18.4 Å². The quantitative estimate of drug-likeness (QED) is 0.391. The van der Waals surface area contributed by atoms with Crippen LogP contribution in [0.4, 0.5) is 14.5 Å². The zero-order chi connectivity index (χ0) is 25.9. The van der Waals surface area contributed by atoms with Crippen LogP contribution in [0.5, 0.6) is 5.75 Å².